The Morgan fingerprint density at radius 3 is 2.59 bits per heavy atom. The van der Waals surface area contributed by atoms with Gasteiger partial charge in [-0.2, -0.15) is 0 Å². The van der Waals surface area contributed by atoms with Gasteiger partial charge in [0.05, 0.1) is 11.8 Å². The number of amides is 1. The SMILES string of the molecule is CC(C)NCc1ccoc1-c1ccc(O)c2c1CC1C[C@H]3CC(O)=C(C(N)=O)C(=O)[C@@]3(O)C(O)=C1C2=O. The van der Waals surface area contributed by atoms with Crippen LogP contribution >= 0.6 is 0 Å². The van der Waals surface area contributed by atoms with Crippen molar-refractivity contribution in [1.29, 1.82) is 0 Å². The minimum Gasteiger partial charge on any atom is -0.511 e. The maximum atomic E-state index is 13.7. The molecular formula is C27H28N2O8. The van der Waals surface area contributed by atoms with Gasteiger partial charge in [0.1, 0.15) is 28.6 Å². The number of fused-ring (bicyclic) bond motifs is 3. The van der Waals surface area contributed by atoms with E-state index in [9.17, 15) is 34.8 Å². The molecule has 3 aliphatic carbocycles. The molecule has 3 aliphatic rings. The van der Waals surface area contributed by atoms with Crippen molar-refractivity contribution in [3.63, 3.8) is 0 Å². The zero-order chi connectivity index (χ0) is 26.8. The maximum Gasteiger partial charge on any atom is 0.255 e. The van der Waals surface area contributed by atoms with E-state index in [1.54, 1.807) is 12.3 Å². The standard InChI is InChI=1S/C27H28N2O8/c1-11(2)29-10-12-5-6-37-23(12)15-3-4-17(30)20-16(15)8-13-7-14-9-18(31)21(26(28)35)25(34)27(14,36)24(33)19(13)22(20)32/h3-6,11,13-14,29-31,33,36H,7-10H2,1-2H3,(H2,28,35)/t13?,14-,27-/m0/s1. The molecule has 1 aromatic heterocycles. The van der Waals surface area contributed by atoms with E-state index >= 15 is 0 Å². The molecule has 0 radical (unpaired) electrons. The second kappa shape index (κ2) is 8.60. The molecule has 0 saturated carbocycles. The Morgan fingerprint density at radius 2 is 1.92 bits per heavy atom. The van der Waals surface area contributed by atoms with Gasteiger partial charge in [0.2, 0.25) is 5.78 Å². The van der Waals surface area contributed by atoms with E-state index < -0.39 is 52.0 Å². The van der Waals surface area contributed by atoms with Crippen LogP contribution in [-0.4, -0.2) is 49.5 Å². The van der Waals surface area contributed by atoms with Crippen LogP contribution in [0, 0.1) is 11.8 Å². The van der Waals surface area contributed by atoms with Crippen LogP contribution in [0.25, 0.3) is 11.3 Å². The summed E-state index contributed by atoms with van der Waals surface area (Å²) in [6, 6.07) is 5.09. The third-order valence-corrected chi connectivity index (χ3v) is 7.64. The number of aliphatic hydroxyl groups excluding tert-OH is 2. The lowest BCUT2D eigenvalue weighted by atomic mass is 9.60. The first-order valence-corrected chi connectivity index (χ1v) is 12.1. The summed E-state index contributed by atoms with van der Waals surface area (Å²) >= 11 is 0. The summed E-state index contributed by atoms with van der Waals surface area (Å²) in [4.78, 5) is 38.5. The molecule has 1 heterocycles. The first-order valence-electron chi connectivity index (χ1n) is 12.1. The van der Waals surface area contributed by atoms with Crippen LogP contribution in [0.5, 0.6) is 5.75 Å². The van der Waals surface area contributed by atoms with E-state index in [-0.39, 0.29) is 42.2 Å². The number of furan rings is 1. The minimum absolute atomic E-state index is 0.0479. The van der Waals surface area contributed by atoms with Gasteiger partial charge in [0.25, 0.3) is 5.91 Å². The third kappa shape index (κ3) is 3.59. The van der Waals surface area contributed by atoms with Crippen LogP contribution in [-0.2, 0) is 22.6 Å². The number of aliphatic hydroxyl groups is 3. The molecule has 194 valence electrons. The monoisotopic (exact) mass is 508 g/mol. The largest absolute Gasteiger partial charge is 0.511 e. The number of Topliss-reactive ketones (excluding diaryl/α,β-unsaturated/α-hetero) is 2. The number of nitrogens with two attached hydrogens (primary N) is 1. The van der Waals surface area contributed by atoms with Crippen molar-refractivity contribution in [2.45, 2.75) is 51.3 Å². The van der Waals surface area contributed by atoms with E-state index in [1.807, 2.05) is 19.9 Å². The Balaban J connectivity index is 1.63. The fourth-order valence-electron chi connectivity index (χ4n) is 5.86. The van der Waals surface area contributed by atoms with E-state index in [4.69, 9.17) is 10.2 Å². The Kier molecular flexibility index (Phi) is 5.76. The van der Waals surface area contributed by atoms with Gasteiger partial charge in [-0.05, 0) is 42.5 Å². The number of hydrogen-bond donors (Lipinski definition) is 6. The van der Waals surface area contributed by atoms with Gasteiger partial charge in [-0.1, -0.05) is 13.8 Å². The van der Waals surface area contributed by atoms with E-state index in [0.29, 0.717) is 23.4 Å². The van der Waals surface area contributed by atoms with Gasteiger partial charge in [-0.15, -0.1) is 0 Å². The summed E-state index contributed by atoms with van der Waals surface area (Å²) in [6.07, 6.45) is 1.55. The fourth-order valence-corrected chi connectivity index (χ4v) is 5.86. The van der Waals surface area contributed by atoms with Gasteiger partial charge < -0.3 is 35.9 Å². The van der Waals surface area contributed by atoms with Crippen molar-refractivity contribution in [1.82, 2.24) is 5.32 Å². The number of ketones is 2. The van der Waals surface area contributed by atoms with Crippen LogP contribution in [0.15, 0.2) is 51.5 Å². The highest BCUT2D eigenvalue weighted by Gasteiger charge is 2.59. The predicted molar refractivity (Wildman–Crippen MR) is 130 cm³/mol. The van der Waals surface area contributed by atoms with E-state index in [0.717, 1.165) is 5.56 Å². The summed E-state index contributed by atoms with van der Waals surface area (Å²) in [7, 11) is 0. The van der Waals surface area contributed by atoms with Crippen molar-refractivity contribution in [2.75, 3.05) is 0 Å². The maximum absolute atomic E-state index is 13.7. The normalized spacial score (nSPS) is 25.3. The summed E-state index contributed by atoms with van der Waals surface area (Å²) in [5, 5.41) is 46.8. The first-order chi connectivity index (χ1) is 17.5. The third-order valence-electron chi connectivity index (χ3n) is 7.64. The number of phenols is 1. The second-order valence-electron chi connectivity index (χ2n) is 10.2. The Morgan fingerprint density at radius 1 is 1.19 bits per heavy atom. The molecule has 1 aromatic carbocycles. The van der Waals surface area contributed by atoms with Crippen LogP contribution in [0.1, 0.15) is 48.2 Å². The van der Waals surface area contributed by atoms with Crippen molar-refractivity contribution in [2.24, 2.45) is 17.6 Å². The number of hydrogen-bond acceptors (Lipinski definition) is 9. The molecule has 2 aromatic rings. The number of aromatic hydroxyl groups is 1. The Hall–Kier alpha value is -3.89. The smallest absolute Gasteiger partial charge is 0.255 e. The molecule has 3 atom stereocenters. The van der Waals surface area contributed by atoms with E-state index in [2.05, 4.69) is 5.32 Å². The zero-order valence-electron chi connectivity index (χ0n) is 20.4. The number of phenolic OH excluding ortho intramolecular Hbond substituents is 1. The molecule has 1 amide bonds. The van der Waals surface area contributed by atoms with Gasteiger partial charge in [-0.3, -0.25) is 14.4 Å². The van der Waals surface area contributed by atoms with Crippen LogP contribution < -0.4 is 11.1 Å². The molecule has 0 spiro atoms. The molecular weight excluding hydrogens is 480 g/mol. The van der Waals surface area contributed by atoms with Gasteiger partial charge in [0, 0.05) is 41.6 Å². The first kappa shape index (κ1) is 24.8. The zero-order valence-corrected chi connectivity index (χ0v) is 20.4. The van der Waals surface area contributed by atoms with Crippen LogP contribution in [0.4, 0.5) is 0 Å². The minimum atomic E-state index is -2.58. The predicted octanol–water partition coefficient (Wildman–Crippen LogP) is 2.34. The average Bonchev–Trinajstić information content (AvgIpc) is 3.28. The molecule has 10 heteroatoms. The highest BCUT2D eigenvalue weighted by molar-refractivity contribution is 6.24. The van der Waals surface area contributed by atoms with Crippen molar-refractivity contribution < 1.29 is 39.2 Å². The highest BCUT2D eigenvalue weighted by Crippen LogP contribution is 2.52. The number of benzene rings is 1. The number of nitrogens with one attached hydrogen (secondary N) is 1. The lowest BCUT2D eigenvalue weighted by Crippen LogP contribution is -2.57. The fraction of sp³-hybridized carbons (Fsp3) is 0.370. The van der Waals surface area contributed by atoms with Crippen LogP contribution in [0.3, 0.4) is 0 Å². The van der Waals surface area contributed by atoms with Crippen molar-refractivity contribution in [3.05, 3.63) is 63.8 Å². The molecule has 0 fully saturated rings. The number of primary amides is 1. The summed E-state index contributed by atoms with van der Waals surface area (Å²) in [5.74, 6) is -6.00. The molecule has 1 unspecified atom stereocenters. The lowest BCUT2D eigenvalue weighted by Gasteiger charge is -2.45. The molecule has 0 bridgehead atoms. The number of rotatable bonds is 5. The Bertz CT molecular complexity index is 1420. The molecule has 5 rings (SSSR count). The molecule has 37 heavy (non-hydrogen) atoms. The topological polar surface area (TPSA) is 183 Å². The van der Waals surface area contributed by atoms with Crippen molar-refractivity contribution >= 4 is 17.5 Å². The van der Waals surface area contributed by atoms with Gasteiger partial charge in [0.15, 0.2) is 11.4 Å². The molecule has 10 nitrogen and oxygen atoms in total. The number of carbonyl (C=O) groups excluding carboxylic acids is 3. The number of allylic oxidation sites excluding steroid dienone is 2. The summed E-state index contributed by atoms with van der Waals surface area (Å²) < 4.78 is 5.78. The van der Waals surface area contributed by atoms with E-state index in [1.165, 1.54) is 6.07 Å². The van der Waals surface area contributed by atoms with Gasteiger partial charge in [-0.25, -0.2) is 0 Å². The summed E-state index contributed by atoms with van der Waals surface area (Å²) in [5.41, 5.74) is 3.61. The highest BCUT2D eigenvalue weighted by atomic mass is 16.3. The number of carbonyl (C=O) groups is 3. The molecule has 0 saturated heterocycles. The quantitative estimate of drug-likeness (QED) is 0.330. The van der Waals surface area contributed by atoms with Gasteiger partial charge >= 0.3 is 0 Å². The summed E-state index contributed by atoms with van der Waals surface area (Å²) in [6.45, 7) is 4.55. The second-order valence-corrected chi connectivity index (χ2v) is 10.2. The Labute approximate surface area is 212 Å². The molecule has 0 aliphatic heterocycles. The van der Waals surface area contributed by atoms with Crippen molar-refractivity contribution in [3.8, 4) is 17.1 Å². The van der Waals surface area contributed by atoms with Crippen LogP contribution in [0.2, 0.25) is 0 Å². The molecule has 7 N–H and O–H groups in total. The lowest BCUT2D eigenvalue weighted by molar-refractivity contribution is -0.144. The average molecular weight is 509 g/mol.